The van der Waals surface area contributed by atoms with Crippen LogP contribution in [0, 0.1) is 5.41 Å². The van der Waals surface area contributed by atoms with E-state index in [1.165, 1.54) is 7.11 Å². The maximum Gasteiger partial charge on any atom is 0.336 e. The Morgan fingerprint density at radius 3 is 2.39 bits per heavy atom. The summed E-state index contributed by atoms with van der Waals surface area (Å²) in [5.74, 6) is 0.304. The lowest BCUT2D eigenvalue weighted by Crippen LogP contribution is -2.38. The molecule has 0 fully saturated rings. The molecule has 3 rings (SSSR count). The van der Waals surface area contributed by atoms with Gasteiger partial charge in [0.25, 0.3) is 0 Å². The quantitative estimate of drug-likeness (QED) is 0.449. The number of carbonyl (C=O) groups is 2. The average molecular weight is 458 g/mol. The first kappa shape index (κ1) is 24.7. The van der Waals surface area contributed by atoms with Crippen LogP contribution in [-0.2, 0) is 14.3 Å². The summed E-state index contributed by atoms with van der Waals surface area (Å²) in [7, 11) is 4.63. The van der Waals surface area contributed by atoms with Crippen molar-refractivity contribution in [2.75, 3.05) is 27.9 Å². The van der Waals surface area contributed by atoms with E-state index in [1.807, 2.05) is 19.9 Å². The number of Topliss-reactive ketones (excluding diaryl/α,β-unsaturated/α-hetero) is 1. The molecule has 0 radical (unpaired) electrons. The summed E-state index contributed by atoms with van der Waals surface area (Å²) in [4.78, 5) is 26.8. The van der Waals surface area contributed by atoms with Crippen molar-refractivity contribution in [2.45, 2.75) is 59.3 Å². The van der Waals surface area contributed by atoms with Gasteiger partial charge in [-0.05, 0) is 31.2 Å². The second kappa shape index (κ2) is 9.89. The van der Waals surface area contributed by atoms with Crippen LogP contribution in [0.4, 0.5) is 0 Å². The van der Waals surface area contributed by atoms with E-state index in [4.69, 9.17) is 18.9 Å². The molecule has 7 nitrogen and oxygen atoms in total. The first-order chi connectivity index (χ1) is 15.7. The van der Waals surface area contributed by atoms with Gasteiger partial charge < -0.3 is 24.3 Å². The van der Waals surface area contributed by atoms with Gasteiger partial charge in [0.2, 0.25) is 5.75 Å². The third-order valence-corrected chi connectivity index (χ3v) is 6.24. The zero-order valence-corrected chi connectivity index (χ0v) is 20.7. The number of hydrogen-bond donors (Lipinski definition) is 1. The fraction of sp³-hybridized carbons (Fsp3) is 0.538. The predicted octanol–water partition coefficient (Wildman–Crippen LogP) is 4.66. The topological polar surface area (TPSA) is 83.1 Å². The predicted molar refractivity (Wildman–Crippen MR) is 126 cm³/mol. The fourth-order valence-electron chi connectivity index (χ4n) is 4.76. The molecule has 1 aromatic carbocycles. The van der Waals surface area contributed by atoms with Gasteiger partial charge in [-0.25, -0.2) is 4.79 Å². The number of hydrogen-bond acceptors (Lipinski definition) is 7. The van der Waals surface area contributed by atoms with Crippen LogP contribution in [0.1, 0.15) is 64.9 Å². The lowest BCUT2D eigenvalue weighted by molar-refractivity contribution is -0.139. The van der Waals surface area contributed by atoms with Crippen LogP contribution in [0.3, 0.4) is 0 Å². The lowest BCUT2D eigenvalue weighted by Gasteiger charge is -2.39. The summed E-state index contributed by atoms with van der Waals surface area (Å²) in [6.07, 6.45) is 2.79. The van der Waals surface area contributed by atoms with Gasteiger partial charge in [-0.3, -0.25) is 4.79 Å². The van der Waals surface area contributed by atoms with Crippen LogP contribution in [0.25, 0.3) is 0 Å². The highest BCUT2D eigenvalue weighted by Crippen LogP contribution is 2.51. The van der Waals surface area contributed by atoms with E-state index in [-0.39, 0.29) is 11.2 Å². The fourth-order valence-corrected chi connectivity index (χ4v) is 4.76. The van der Waals surface area contributed by atoms with Crippen LogP contribution in [0.2, 0.25) is 0 Å². The second-order valence-electron chi connectivity index (χ2n) is 9.34. The minimum absolute atomic E-state index is 0.0157. The molecule has 0 spiro atoms. The Balaban J connectivity index is 2.23. The Labute approximate surface area is 196 Å². The third kappa shape index (κ3) is 4.72. The van der Waals surface area contributed by atoms with Crippen LogP contribution in [-0.4, -0.2) is 39.7 Å². The molecule has 1 aromatic rings. The van der Waals surface area contributed by atoms with E-state index in [1.54, 1.807) is 20.3 Å². The van der Waals surface area contributed by atoms with Gasteiger partial charge in [0.15, 0.2) is 17.3 Å². The lowest BCUT2D eigenvalue weighted by atomic mass is 9.68. The number of dihydropyridines is 1. The van der Waals surface area contributed by atoms with Crippen molar-refractivity contribution in [3.63, 3.8) is 0 Å². The number of ketones is 1. The van der Waals surface area contributed by atoms with Crippen LogP contribution in [0.15, 0.2) is 34.7 Å². The number of nitrogens with one attached hydrogen (secondary N) is 1. The minimum Gasteiger partial charge on any atom is -0.493 e. The number of allylic oxidation sites excluding steroid dienone is 3. The summed E-state index contributed by atoms with van der Waals surface area (Å²) < 4.78 is 22.4. The van der Waals surface area contributed by atoms with E-state index in [0.717, 1.165) is 18.5 Å². The van der Waals surface area contributed by atoms with Crippen molar-refractivity contribution in [1.82, 2.24) is 5.32 Å². The van der Waals surface area contributed by atoms with E-state index in [2.05, 4.69) is 19.2 Å². The van der Waals surface area contributed by atoms with Gasteiger partial charge in [-0.2, -0.15) is 0 Å². The van der Waals surface area contributed by atoms with Crippen LogP contribution >= 0.6 is 0 Å². The van der Waals surface area contributed by atoms with Gasteiger partial charge in [-0.15, -0.1) is 0 Å². The number of methoxy groups -OCH3 is 3. The number of esters is 1. The molecule has 1 N–H and O–H groups in total. The Kier molecular flexibility index (Phi) is 7.40. The summed E-state index contributed by atoms with van der Waals surface area (Å²) in [5, 5.41) is 3.35. The first-order valence-corrected chi connectivity index (χ1v) is 11.4. The van der Waals surface area contributed by atoms with E-state index in [0.29, 0.717) is 59.1 Å². The molecule has 2 aliphatic rings. The molecule has 1 atom stereocenters. The van der Waals surface area contributed by atoms with Crippen molar-refractivity contribution in [3.05, 3.63) is 40.2 Å². The van der Waals surface area contributed by atoms with Crippen LogP contribution < -0.4 is 19.5 Å². The Bertz CT molecular complexity index is 1000. The second-order valence-corrected chi connectivity index (χ2v) is 9.34. The maximum atomic E-state index is 13.5. The molecule has 1 aliphatic heterocycles. The molecule has 7 heteroatoms. The smallest absolute Gasteiger partial charge is 0.336 e. The van der Waals surface area contributed by atoms with Crippen molar-refractivity contribution in [1.29, 1.82) is 0 Å². The molecule has 1 heterocycles. The number of benzene rings is 1. The molecule has 180 valence electrons. The first-order valence-electron chi connectivity index (χ1n) is 11.4. The van der Waals surface area contributed by atoms with Gasteiger partial charge in [0, 0.05) is 29.0 Å². The molecule has 1 aliphatic carbocycles. The summed E-state index contributed by atoms with van der Waals surface area (Å²) in [6, 6.07) is 3.60. The SMILES string of the molecule is CCCCOC(=O)C1=C(C)NC2=C(C(=O)CC(C)(C)C2)C1c1ccc(OC)c(OC)c1OC. The highest BCUT2D eigenvalue weighted by molar-refractivity contribution is 6.04. The van der Waals surface area contributed by atoms with E-state index in [9.17, 15) is 9.59 Å². The largest absolute Gasteiger partial charge is 0.493 e. The molecule has 0 saturated carbocycles. The Hall–Kier alpha value is -2.96. The standard InChI is InChI=1S/C26H35NO6/c1-8-9-12-33-25(29)20-15(2)27-17-13-26(3,4)14-18(28)22(17)21(20)16-10-11-19(30-5)24(32-7)23(16)31-6/h10-11,21,27H,8-9,12-14H2,1-7H3. The minimum atomic E-state index is -0.631. The Morgan fingerprint density at radius 2 is 1.79 bits per heavy atom. The number of ether oxygens (including phenoxy) is 4. The van der Waals surface area contributed by atoms with Crippen molar-refractivity contribution >= 4 is 11.8 Å². The van der Waals surface area contributed by atoms with Crippen molar-refractivity contribution in [3.8, 4) is 17.2 Å². The molecular formula is C26H35NO6. The van der Waals surface area contributed by atoms with Crippen molar-refractivity contribution in [2.24, 2.45) is 5.41 Å². The summed E-state index contributed by atoms with van der Waals surface area (Å²) >= 11 is 0. The zero-order chi connectivity index (χ0) is 24.3. The van der Waals surface area contributed by atoms with Gasteiger partial charge in [0.05, 0.1) is 39.4 Å². The van der Waals surface area contributed by atoms with E-state index < -0.39 is 11.9 Å². The summed E-state index contributed by atoms with van der Waals surface area (Å²) in [6.45, 7) is 8.38. The molecule has 33 heavy (non-hydrogen) atoms. The highest BCUT2D eigenvalue weighted by Gasteiger charge is 2.44. The average Bonchev–Trinajstić information content (AvgIpc) is 2.76. The zero-order valence-electron chi connectivity index (χ0n) is 20.7. The third-order valence-electron chi connectivity index (χ3n) is 6.24. The number of rotatable bonds is 8. The molecule has 0 saturated heterocycles. The van der Waals surface area contributed by atoms with Crippen molar-refractivity contribution < 1.29 is 28.5 Å². The molecule has 0 bridgehead atoms. The Morgan fingerprint density at radius 1 is 1.09 bits per heavy atom. The van der Waals surface area contributed by atoms with Gasteiger partial charge in [0.1, 0.15) is 0 Å². The van der Waals surface area contributed by atoms with Gasteiger partial charge >= 0.3 is 5.97 Å². The molecule has 1 unspecified atom stereocenters. The normalized spacial score (nSPS) is 19.6. The molecule has 0 aromatic heterocycles. The maximum absolute atomic E-state index is 13.5. The highest BCUT2D eigenvalue weighted by atomic mass is 16.5. The number of carbonyl (C=O) groups excluding carboxylic acids is 2. The monoisotopic (exact) mass is 457 g/mol. The summed E-state index contributed by atoms with van der Waals surface area (Å²) in [5.41, 5.74) is 3.03. The van der Waals surface area contributed by atoms with Crippen LogP contribution in [0.5, 0.6) is 17.2 Å². The number of unbranched alkanes of at least 4 members (excludes halogenated alkanes) is 1. The van der Waals surface area contributed by atoms with Gasteiger partial charge in [-0.1, -0.05) is 33.3 Å². The molecular weight excluding hydrogens is 422 g/mol. The molecule has 0 amide bonds. The van der Waals surface area contributed by atoms with E-state index >= 15 is 0 Å².